The fourth-order valence-electron chi connectivity index (χ4n) is 1.04. The van der Waals surface area contributed by atoms with E-state index in [9.17, 15) is 4.79 Å². The molecule has 0 spiro atoms. The van der Waals surface area contributed by atoms with Crippen molar-refractivity contribution in [3.63, 3.8) is 0 Å². The number of amides is 1. The van der Waals surface area contributed by atoms with Gasteiger partial charge in [-0.2, -0.15) is 0 Å². The maximum atomic E-state index is 10.6. The van der Waals surface area contributed by atoms with Crippen LogP contribution < -0.4 is 5.32 Å². The van der Waals surface area contributed by atoms with Crippen molar-refractivity contribution in [1.29, 1.82) is 0 Å². The van der Waals surface area contributed by atoms with E-state index in [0.717, 1.165) is 0 Å². The van der Waals surface area contributed by atoms with Gasteiger partial charge in [-0.05, 0) is 0 Å². The van der Waals surface area contributed by atoms with Gasteiger partial charge in [0.05, 0.1) is 12.6 Å². The number of ether oxygens (including phenoxy) is 1. The van der Waals surface area contributed by atoms with E-state index >= 15 is 0 Å². The van der Waals surface area contributed by atoms with E-state index in [4.69, 9.17) is 9.84 Å². The Hall–Kier alpha value is -1.03. The van der Waals surface area contributed by atoms with Crippen molar-refractivity contribution >= 4 is 6.09 Å². The van der Waals surface area contributed by atoms with Crippen molar-refractivity contribution in [2.45, 2.75) is 18.6 Å². The average molecular weight is 157 g/mol. The quantitative estimate of drug-likeness (QED) is 0.568. The summed E-state index contributed by atoms with van der Waals surface area (Å²) >= 11 is 0. The van der Waals surface area contributed by atoms with E-state index in [1.165, 1.54) is 0 Å². The highest BCUT2D eigenvalue weighted by Crippen LogP contribution is 2.11. The van der Waals surface area contributed by atoms with Gasteiger partial charge in [0.15, 0.2) is 0 Å². The summed E-state index contributed by atoms with van der Waals surface area (Å²) in [5, 5.41) is 11.2. The molecule has 0 aliphatic carbocycles. The molecule has 2 N–H and O–H groups in total. The molecular formula is C7H11NO3. The first-order chi connectivity index (χ1) is 5.27. The van der Waals surface area contributed by atoms with Crippen LogP contribution in [0.25, 0.3) is 0 Å². The third-order valence-electron chi connectivity index (χ3n) is 1.61. The summed E-state index contributed by atoms with van der Waals surface area (Å²) in [7, 11) is 0. The predicted octanol–water partition coefficient (Wildman–Crippen LogP) is 0.0318. The molecule has 62 valence electrons. The van der Waals surface area contributed by atoms with Gasteiger partial charge in [0.25, 0.3) is 0 Å². The monoisotopic (exact) mass is 157 g/mol. The molecule has 1 fully saturated rings. The van der Waals surface area contributed by atoms with Crippen LogP contribution in [0.4, 0.5) is 4.79 Å². The van der Waals surface area contributed by atoms with Crippen molar-refractivity contribution in [3.8, 4) is 0 Å². The minimum absolute atomic E-state index is 0.0930. The molecule has 2 atom stereocenters. The van der Waals surface area contributed by atoms with Crippen LogP contribution >= 0.6 is 0 Å². The Morgan fingerprint density at radius 2 is 2.55 bits per heavy atom. The summed E-state index contributed by atoms with van der Waals surface area (Å²) in [6.45, 7) is 3.42. The van der Waals surface area contributed by atoms with Crippen LogP contribution in [0.2, 0.25) is 0 Å². The van der Waals surface area contributed by atoms with Crippen molar-refractivity contribution in [2.24, 2.45) is 0 Å². The van der Waals surface area contributed by atoms with Crippen LogP contribution in [-0.4, -0.2) is 30.0 Å². The number of hydrogen-bond donors (Lipinski definition) is 2. The molecule has 1 heterocycles. The topological polar surface area (TPSA) is 58.6 Å². The molecule has 1 amide bonds. The Morgan fingerprint density at radius 1 is 1.82 bits per heavy atom. The third kappa shape index (κ3) is 1.71. The number of aliphatic hydroxyl groups excluding tert-OH is 1. The highest BCUT2D eigenvalue weighted by atomic mass is 16.6. The van der Waals surface area contributed by atoms with Crippen LogP contribution in [0.3, 0.4) is 0 Å². The minimum atomic E-state index is -0.462. The van der Waals surface area contributed by atoms with Crippen molar-refractivity contribution in [1.82, 2.24) is 5.32 Å². The number of carbonyl (C=O) groups is 1. The lowest BCUT2D eigenvalue weighted by Gasteiger charge is -2.11. The third-order valence-corrected chi connectivity index (χ3v) is 1.61. The lowest BCUT2D eigenvalue weighted by Crippen LogP contribution is -2.34. The molecule has 4 heteroatoms. The Bertz CT molecular complexity index is 169. The molecule has 1 aliphatic heterocycles. The fraction of sp³-hybridized carbons (Fsp3) is 0.571. The molecule has 1 rings (SSSR count). The number of hydrogen-bond acceptors (Lipinski definition) is 3. The number of aliphatic hydroxyl groups is 1. The van der Waals surface area contributed by atoms with Crippen LogP contribution in [0.15, 0.2) is 12.7 Å². The van der Waals surface area contributed by atoms with E-state index in [0.29, 0.717) is 6.42 Å². The molecule has 0 bridgehead atoms. The molecule has 0 saturated carbocycles. The van der Waals surface area contributed by atoms with Crippen molar-refractivity contribution in [2.75, 3.05) is 6.61 Å². The maximum absolute atomic E-state index is 10.6. The highest BCUT2D eigenvalue weighted by Gasteiger charge is 2.31. The molecule has 0 aromatic rings. The van der Waals surface area contributed by atoms with E-state index in [2.05, 4.69) is 11.9 Å². The molecule has 4 nitrogen and oxygen atoms in total. The van der Waals surface area contributed by atoms with Gasteiger partial charge in [-0.3, -0.25) is 0 Å². The zero-order chi connectivity index (χ0) is 8.27. The van der Waals surface area contributed by atoms with E-state index in [1.807, 2.05) is 0 Å². The first kappa shape index (κ1) is 8.07. The molecule has 11 heavy (non-hydrogen) atoms. The highest BCUT2D eigenvalue weighted by molar-refractivity contribution is 5.70. The summed E-state index contributed by atoms with van der Waals surface area (Å²) in [5.41, 5.74) is 0. The van der Waals surface area contributed by atoms with E-state index < -0.39 is 6.09 Å². The molecule has 0 aromatic carbocycles. The first-order valence-electron chi connectivity index (χ1n) is 3.47. The Balaban J connectivity index is 2.49. The van der Waals surface area contributed by atoms with Crippen molar-refractivity contribution < 1.29 is 14.6 Å². The molecule has 1 aliphatic rings. The number of nitrogens with one attached hydrogen (secondary N) is 1. The van der Waals surface area contributed by atoms with Gasteiger partial charge >= 0.3 is 6.09 Å². The van der Waals surface area contributed by atoms with Crippen LogP contribution in [0.5, 0.6) is 0 Å². The smallest absolute Gasteiger partial charge is 0.407 e. The minimum Gasteiger partial charge on any atom is -0.444 e. The number of cyclic esters (lactones) is 1. The van der Waals surface area contributed by atoms with Gasteiger partial charge in [0.1, 0.15) is 6.10 Å². The normalized spacial score (nSPS) is 29.4. The maximum Gasteiger partial charge on any atom is 0.407 e. The van der Waals surface area contributed by atoms with Crippen LogP contribution in [0, 0.1) is 0 Å². The van der Waals surface area contributed by atoms with Gasteiger partial charge in [-0.1, -0.05) is 6.08 Å². The van der Waals surface area contributed by atoms with E-state index in [1.54, 1.807) is 6.08 Å². The molecule has 0 aromatic heterocycles. The summed E-state index contributed by atoms with van der Waals surface area (Å²) in [6.07, 6.45) is 1.51. The second-order valence-corrected chi connectivity index (χ2v) is 2.40. The zero-order valence-electron chi connectivity index (χ0n) is 6.12. The Kier molecular flexibility index (Phi) is 2.48. The van der Waals surface area contributed by atoms with E-state index in [-0.39, 0.29) is 18.8 Å². The van der Waals surface area contributed by atoms with Gasteiger partial charge < -0.3 is 15.2 Å². The van der Waals surface area contributed by atoms with Gasteiger partial charge in [0.2, 0.25) is 0 Å². The SMILES string of the molecule is C=CC[C@@H]1OC(=O)N[C@@H]1CO. The summed E-state index contributed by atoms with van der Waals surface area (Å²) in [5.74, 6) is 0. The number of carbonyl (C=O) groups excluding carboxylic acids is 1. The Labute approximate surface area is 64.9 Å². The number of rotatable bonds is 3. The zero-order valence-corrected chi connectivity index (χ0v) is 6.12. The van der Waals surface area contributed by atoms with Gasteiger partial charge in [-0.25, -0.2) is 4.79 Å². The lowest BCUT2D eigenvalue weighted by molar-refractivity contribution is 0.120. The predicted molar refractivity (Wildman–Crippen MR) is 39.1 cm³/mol. The average Bonchev–Trinajstić information content (AvgIpc) is 2.32. The van der Waals surface area contributed by atoms with Crippen LogP contribution in [0.1, 0.15) is 6.42 Å². The fourth-order valence-corrected chi connectivity index (χ4v) is 1.04. The number of alkyl carbamates (subject to hydrolysis) is 1. The first-order valence-corrected chi connectivity index (χ1v) is 3.47. The summed E-state index contributed by atoms with van der Waals surface area (Å²) in [4.78, 5) is 10.6. The second kappa shape index (κ2) is 3.39. The van der Waals surface area contributed by atoms with Crippen molar-refractivity contribution in [3.05, 3.63) is 12.7 Å². The summed E-state index contributed by atoms with van der Waals surface area (Å²) < 4.78 is 4.82. The standard InChI is InChI=1S/C7H11NO3/c1-2-3-6-5(4-9)8-7(10)11-6/h2,5-6,9H,1,3-4H2,(H,8,10)/t5-,6+/m1/s1. The molecular weight excluding hydrogens is 146 g/mol. The van der Waals surface area contributed by atoms with Crippen LogP contribution in [-0.2, 0) is 4.74 Å². The largest absolute Gasteiger partial charge is 0.444 e. The van der Waals surface area contributed by atoms with Gasteiger partial charge in [0, 0.05) is 6.42 Å². The summed E-state index contributed by atoms with van der Waals surface area (Å²) in [6, 6.07) is -0.277. The molecule has 0 unspecified atom stereocenters. The molecule has 0 radical (unpaired) electrons. The second-order valence-electron chi connectivity index (χ2n) is 2.40. The molecule has 1 saturated heterocycles. The van der Waals surface area contributed by atoms with Gasteiger partial charge in [-0.15, -0.1) is 6.58 Å². The lowest BCUT2D eigenvalue weighted by atomic mass is 10.1. The Morgan fingerprint density at radius 3 is 3.09 bits per heavy atom.